The van der Waals surface area contributed by atoms with E-state index in [2.05, 4.69) is 16.1 Å². The third-order valence-electron chi connectivity index (χ3n) is 3.68. The van der Waals surface area contributed by atoms with Gasteiger partial charge in [0.15, 0.2) is 0 Å². The van der Waals surface area contributed by atoms with Crippen molar-refractivity contribution in [2.24, 2.45) is 7.05 Å². The zero-order valence-corrected chi connectivity index (χ0v) is 11.1. The van der Waals surface area contributed by atoms with E-state index < -0.39 is 0 Å². The molecule has 0 amide bonds. The molecule has 1 aliphatic rings. The van der Waals surface area contributed by atoms with Crippen molar-refractivity contribution in [3.05, 3.63) is 11.3 Å². The number of hydrogen-bond donors (Lipinski definition) is 1. The summed E-state index contributed by atoms with van der Waals surface area (Å²) >= 11 is 0. The molecule has 0 radical (unpaired) electrons. The Morgan fingerprint density at radius 3 is 2.72 bits per heavy atom. The van der Waals surface area contributed by atoms with Crippen molar-refractivity contribution in [1.82, 2.24) is 9.78 Å². The van der Waals surface area contributed by atoms with Gasteiger partial charge in [0.2, 0.25) is 0 Å². The van der Waals surface area contributed by atoms with Gasteiger partial charge in [-0.3, -0.25) is 4.68 Å². The van der Waals surface area contributed by atoms with Crippen LogP contribution in [0.15, 0.2) is 0 Å². The van der Waals surface area contributed by atoms with E-state index in [4.69, 9.17) is 0 Å². The van der Waals surface area contributed by atoms with E-state index in [9.17, 15) is 10.4 Å². The molecule has 0 aromatic carbocycles. The summed E-state index contributed by atoms with van der Waals surface area (Å²) in [6, 6.07) is 2.67. The average Bonchev–Trinajstić information content (AvgIpc) is 2.94. The summed E-state index contributed by atoms with van der Waals surface area (Å²) in [5.74, 6) is 0.857. The predicted molar refractivity (Wildman–Crippen MR) is 69.3 cm³/mol. The van der Waals surface area contributed by atoms with Gasteiger partial charge in [0.1, 0.15) is 17.5 Å². The standard InChI is InChI=1S/C13H20N4O/c1-10-12(9-14)13(16(2)15-10)17(7-8-18)11-5-3-4-6-11/h11,18H,3-8H2,1-2H3. The van der Waals surface area contributed by atoms with Crippen LogP contribution in [0.1, 0.15) is 36.9 Å². The lowest BCUT2D eigenvalue weighted by Crippen LogP contribution is -2.37. The fraction of sp³-hybridized carbons (Fsp3) is 0.692. The minimum Gasteiger partial charge on any atom is -0.395 e. The highest BCUT2D eigenvalue weighted by Crippen LogP contribution is 2.30. The van der Waals surface area contributed by atoms with Crippen molar-refractivity contribution in [3.63, 3.8) is 0 Å². The molecule has 0 saturated heterocycles. The number of rotatable bonds is 4. The van der Waals surface area contributed by atoms with Crippen LogP contribution in [0.2, 0.25) is 0 Å². The van der Waals surface area contributed by atoms with Gasteiger partial charge in [0.05, 0.1) is 12.3 Å². The molecule has 18 heavy (non-hydrogen) atoms. The first-order valence-corrected chi connectivity index (χ1v) is 6.50. The maximum absolute atomic E-state index is 9.28. The number of hydrogen-bond acceptors (Lipinski definition) is 4. The molecule has 1 fully saturated rings. The smallest absolute Gasteiger partial charge is 0.145 e. The molecule has 1 N–H and O–H groups in total. The van der Waals surface area contributed by atoms with Crippen LogP contribution in [0.3, 0.4) is 0 Å². The van der Waals surface area contributed by atoms with Gasteiger partial charge in [0.25, 0.3) is 0 Å². The Bertz CT molecular complexity index is 454. The number of aryl methyl sites for hydroxylation is 2. The van der Waals surface area contributed by atoms with E-state index >= 15 is 0 Å². The summed E-state index contributed by atoms with van der Waals surface area (Å²) in [7, 11) is 1.86. The van der Waals surface area contributed by atoms with Crippen LogP contribution in [0.25, 0.3) is 0 Å². The highest BCUT2D eigenvalue weighted by atomic mass is 16.3. The lowest BCUT2D eigenvalue weighted by atomic mass is 10.1. The number of anilines is 1. The van der Waals surface area contributed by atoms with Crippen LogP contribution in [0, 0.1) is 18.3 Å². The third kappa shape index (κ3) is 2.21. The largest absolute Gasteiger partial charge is 0.395 e. The van der Waals surface area contributed by atoms with Crippen LogP contribution in [-0.2, 0) is 7.05 Å². The SMILES string of the molecule is Cc1nn(C)c(N(CCO)C2CCCC2)c1C#N. The van der Waals surface area contributed by atoms with Crippen molar-refractivity contribution >= 4 is 5.82 Å². The normalized spacial score (nSPS) is 15.9. The molecular formula is C13H20N4O. The minimum atomic E-state index is 0.103. The highest BCUT2D eigenvalue weighted by molar-refractivity contribution is 5.57. The Morgan fingerprint density at radius 2 is 2.17 bits per heavy atom. The van der Waals surface area contributed by atoms with Gasteiger partial charge in [0, 0.05) is 19.6 Å². The van der Waals surface area contributed by atoms with E-state index in [-0.39, 0.29) is 6.61 Å². The molecule has 5 nitrogen and oxygen atoms in total. The molecule has 1 saturated carbocycles. The van der Waals surface area contributed by atoms with E-state index in [0.29, 0.717) is 18.2 Å². The van der Waals surface area contributed by atoms with Crippen LogP contribution in [-0.4, -0.2) is 34.1 Å². The fourth-order valence-electron chi connectivity index (χ4n) is 2.89. The molecule has 0 bridgehead atoms. The zero-order chi connectivity index (χ0) is 13.1. The molecule has 5 heteroatoms. The van der Waals surface area contributed by atoms with E-state index in [1.54, 1.807) is 4.68 Å². The second-order valence-electron chi connectivity index (χ2n) is 4.87. The average molecular weight is 248 g/mol. The molecule has 1 heterocycles. The van der Waals surface area contributed by atoms with Crippen molar-refractivity contribution < 1.29 is 5.11 Å². The van der Waals surface area contributed by atoms with Crippen molar-refractivity contribution in [3.8, 4) is 6.07 Å². The molecule has 0 unspecified atom stereocenters. The number of nitrogens with zero attached hydrogens (tertiary/aromatic N) is 4. The van der Waals surface area contributed by atoms with Crippen molar-refractivity contribution in [2.75, 3.05) is 18.1 Å². The summed E-state index contributed by atoms with van der Waals surface area (Å²) in [5.41, 5.74) is 1.40. The van der Waals surface area contributed by atoms with Gasteiger partial charge in [-0.1, -0.05) is 12.8 Å². The first kappa shape index (κ1) is 12.9. The summed E-state index contributed by atoms with van der Waals surface area (Å²) < 4.78 is 1.77. The fourth-order valence-corrected chi connectivity index (χ4v) is 2.89. The summed E-state index contributed by atoms with van der Waals surface area (Å²) in [4.78, 5) is 2.16. The Labute approximate surface area is 108 Å². The van der Waals surface area contributed by atoms with Crippen LogP contribution in [0.4, 0.5) is 5.82 Å². The lowest BCUT2D eigenvalue weighted by Gasteiger charge is -2.30. The number of nitriles is 1. The minimum absolute atomic E-state index is 0.103. The van der Waals surface area contributed by atoms with Gasteiger partial charge < -0.3 is 10.0 Å². The van der Waals surface area contributed by atoms with Gasteiger partial charge in [-0.2, -0.15) is 10.4 Å². The monoisotopic (exact) mass is 248 g/mol. The Kier molecular flexibility index (Phi) is 3.87. The maximum atomic E-state index is 9.28. The summed E-state index contributed by atoms with van der Waals surface area (Å²) in [6.07, 6.45) is 4.72. The Morgan fingerprint density at radius 1 is 1.50 bits per heavy atom. The summed E-state index contributed by atoms with van der Waals surface area (Å²) in [6.45, 7) is 2.53. The molecule has 1 aromatic rings. The van der Waals surface area contributed by atoms with Crippen LogP contribution >= 0.6 is 0 Å². The van der Waals surface area contributed by atoms with Crippen molar-refractivity contribution in [2.45, 2.75) is 38.6 Å². The third-order valence-corrected chi connectivity index (χ3v) is 3.68. The second-order valence-corrected chi connectivity index (χ2v) is 4.87. The Balaban J connectivity index is 2.38. The number of aromatic nitrogens is 2. The zero-order valence-electron chi connectivity index (χ0n) is 11.1. The van der Waals surface area contributed by atoms with Crippen molar-refractivity contribution in [1.29, 1.82) is 5.26 Å². The number of aliphatic hydroxyl groups is 1. The molecule has 0 aliphatic heterocycles. The molecule has 98 valence electrons. The topological polar surface area (TPSA) is 65.1 Å². The second kappa shape index (κ2) is 5.40. The molecular weight excluding hydrogens is 228 g/mol. The quantitative estimate of drug-likeness (QED) is 0.873. The lowest BCUT2D eigenvalue weighted by molar-refractivity contribution is 0.296. The van der Waals surface area contributed by atoms with Gasteiger partial charge in [-0.25, -0.2) is 0 Å². The molecule has 2 rings (SSSR count). The van der Waals surface area contributed by atoms with Gasteiger partial charge in [-0.05, 0) is 19.8 Å². The first-order valence-electron chi connectivity index (χ1n) is 6.50. The highest BCUT2D eigenvalue weighted by Gasteiger charge is 2.27. The van der Waals surface area contributed by atoms with E-state index in [0.717, 1.165) is 24.4 Å². The maximum Gasteiger partial charge on any atom is 0.145 e. The Hall–Kier alpha value is -1.54. The molecule has 1 aromatic heterocycles. The van der Waals surface area contributed by atoms with Crippen LogP contribution in [0.5, 0.6) is 0 Å². The molecule has 1 aliphatic carbocycles. The van der Waals surface area contributed by atoms with E-state index in [1.807, 2.05) is 14.0 Å². The predicted octanol–water partition coefficient (Wildman–Crippen LogP) is 1.34. The molecule has 0 atom stereocenters. The first-order chi connectivity index (χ1) is 8.69. The van der Waals surface area contributed by atoms with Crippen LogP contribution < -0.4 is 4.90 Å². The summed E-state index contributed by atoms with van der Waals surface area (Å²) in [5, 5.41) is 22.9. The molecule has 0 spiro atoms. The van der Waals surface area contributed by atoms with Gasteiger partial charge in [-0.15, -0.1) is 0 Å². The number of aliphatic hydroxyl groups excluding tert-OH is 1. The van der Waals surface area contributed by atoms with E-state index in [1.165, 1.54) is 12.8 Å². The van der Waals surface area contributed by atoms with Gasteiger partial charge >= 0.3 is 0 Å².